The molecule has 1 aromatic heterocycles. The molecule has 0 aliphatic carbocycles. The molecular formula is C17H23N3. The van der Waals surface area contributed by atoms with Crippen LogP contribution in [0, 0.1) is 0 Å². The van der Waals surface area contributed by atoms with Crippen molar-refractivity contribution in [2.75, 3.05) is 11.9 Å². The molecule has 1 aromatic carbocycles. The van der Waals surface area contributed by atoms with Crippen LogP contribution in [0.2, 0.25) is 0 Å². The molecule has 1 heterocycles. The summed E-state index contributed by atoms with van der Waals surface area (Å²) in [6, 6.07) is 10.6. The molecular weight excluding hydrogens is 246 g/mol. The average Bonchev–Trinajstić information content (AvgIpc) is 2.50. The summed E-state index contributed by atoms with van der Waals surface area (Å²) in [6.45, 7) is 5.42. The quantitative estimate of drug-likeness (QED) is 0.771. The van der Waals surface area contributed by atoms with Gasteiger partial charge in [0.05, 0.1) is 0 Å². The van der Waals surface area contributed by atoms with Gasteiger partial charge in [-0.3, -0.25) is 0 Å². The highest BCUT2D eigenvalue weighted by atomic mass is 15.0. The number of nitrogens with one attached hydrogen (secondary N) is 1. The minimum Gasteiger partial charge on any atom is -0.370 e. The zero-order valence-corrected chi connectivity index (χ0v) is 12.3. The molecule has 0 unspecified atom stereocenters. The van der Waals surface area contributed by atoms with Crippen molar-refractivity contribution in [3.05, 3.63) is 54.0 Å². The molecule has 0 saturated heterocycles. The number of unbranched alkanes of at least 4 members (excludes halogenated alkanes) is 1. The summed E-state index contributed by atoms with van der Waals surface area (Å²) in [5.74, 6) is 1.45. The Labute approximate surface area is 121 Å². The summed E-state index contributed by atoms with van der Waals surface area (Å²) in [5.41, 5.74) is 2.55. The summed E-state index contributed by atoms with van der Waals surface area (Å²) in [4.78, 5) is 8.54. The Balaban J connectivity index is 2.05. The van der Waals surface area contributed by atoms with E-state index in [1.165, 1.54) is 17.5 Å². The van der Waals surface area contributed by atoms with E-state index in [4.69, 9.17) is 0 Å². The van der Waals surface area contributed by atoms with E-state index in [2.05, 4.69) is 59.5 Å². The molecule has 0 amide bonds. The Morgan fingerprint density at radius 2 is 2.00 bits per heavy atom. The number of benzene rings is 1. The van der Waals surface area contributed by atoms with E-state index in [0.717, 1.165) is 25.2 Å². The molecule has 0 saturated carbocycles. The van der Waals surface area contributed by atoms with Gasteiger partial charge in [0.25, 0.3) is 0 Å². The number of nitrogens with zero attached hydrogens (tertiary/aromatic N) is 2. The third-order valence-electron chi connectivity index (χ3n) is 3.51. The van der Waals surface area contributed by atoms with Crippen molar-refractivity contribution in [1.29, 1.82) is 0 Å². The second-order valence-electron chi connectivity index (χ2n) is 5.19. The molecule has 1 atom stereocenters. The van der Waals surface area contributed by atoms with Gasteiger partial charge in [0.1, 0.15) is 12.1 Å². The van der Waals surface area contributed by atoms with E-state index in [1.54, 1.807) is 6.33 Å². The predicted molar refractivity (Wildman–Crippen MR) is 84.0 cm³/mol. The fourth-order valence-electron chi connectivity index (χ4n) is 2.28. The molecule has 3 nitrogen and oxygen atoms in total. The van der Waals surface area contributed by atoms with Gasteiger partial charge in [-0.1, -0.05) is 50.6 Å². The van der Waals surface area contributed by atoms with Crippen molar-refractivity contribution >= 4 is 5.82 Å². The van der Waals surface area contributed by atoms with Gasteiger partial charge in [0.2, 0.25) is 0 Å². The van der Waals surface area contributed by atoms with Gasteiger partial charge in [0.15, 0.2) is 0 Å². The molecule has 0 radical (unpaired) electrons. The molecule has 2 aromatic rings. The van der Waals surface area contributed by atoms with E-state index >= 15 is 0 Å². The van der Waals surface area contributed by atoms with Crippen LogP contribution in [0.15, 0.2) is 42.9 Å². The van der Waals surface area contributed by atoms with Gasteiger partial charge in [-0.25, -0.2) is 9.97 Å². The first-order valence-corrected chi connectivity index (χ1v) is 7.39. The van der Waals surface area contributed by atoms with Gasteiger partial charge >= 0.3 is 0 Å². The summed E-state index contributed by atoms with van der Waals surface area (Å²) in [5, 5.41) is 3.42. The highest BCUT2D eigenvalue weighted by Crippen LogP contribution is 2.22. The number of hydrogen-bond acceptors (Lipinski definition) is 3. The van der Waals surface area contributed by atoms with E-state index in [0.29, 0.717) is 5.92 Å². The normalized spacial score (nSPS) is 12.1. The van der Waals surface area contributed by atoms with Crippen molar-refractivity contribution < 1.29 is 0 Å². The van der Waals surface area contributed by atoms with Crippen molar-refractivity contribution in [2.45, 2.75) is 39.0 Å². The van der Waals surface area contributed by atoms with Gasteiger partial charge < -0.3 is 5.32 Å². The Kier molecular flexibility index (Phi) is 5.54. The standard InChI is InChI=1S/C17H23N3/c1-3-4-10-19-17-16(12-18-13-20-17)11-14(2)15-8-6-5-7-9-15/h5-9,12-14H,3-4,10-11H2,1-2H3,(H,18,19,20)/t14-/m1/s1. The maximum absolute atomic E-state index is 4.38. The molecule has 0 aliphatic heterocycles. The molecule has 106 valence electrons. The van der Waals surface area contributed by atoms with Crippen LogP contribution in [0.25, 0.3) is 0 Å². The summed E-state index contributed by atoms with van der Waals surface area (Å²) in [7, 11) is 0. The average molecular weight is 269 g/mol. The third kappa shape index (κ3) is 4.05. The van der Waals surface area contributed by atoms with Crippen LogP contribution in [0.4, 0.5) is 5.82 Å². The van der Waals surface area contributed by atoms with E-state index in [1.807, 2.05) is 6.20 Å². The first kappa shape index (κ1) is 14.5. The Bertz CT molecular complexity index is 511. The Hall–Kier alpha value is -1.90. The number of aromatic nitrogens is 2. The molecule has 0 aliphatic rings. The van der Waals surface area contributed by atoms with Crippen LogP contribution >= 0.6 is 0 Å². The summed E-state index contributed by atoms with van der Waals surface area (Å²) >= 11 is 0. The largest absolute Gasteiger partial charge is 0.370 e. The van der Waals surface area contributed by atoms with E-state index in [9.17, 15) is 0 Å². The summed E-state index contributed by atoms with van der Waals surface area (Å²) in [6.07, 6.45) is 6.86. The van der Waals surface area contributed by atoms with Crippen LogP contribution in [-0.2, 0) is 6.42 Å². The minimum absolute atomic E-state index is 0.467. The Morgan fingerprint density at radius 1 is 1.20 bits per heavy atom. The van der Waals surface area contributed by atoms with Crippen molar-refractivity contribution in [2.24, 2.45) is 0 Å². The monoisotopic (exact) mass is 269 g/mol. The lowest BCUT2D eigenvalue weighted by molar-refractivity contribution is 0.750. The molecule has 2 rings (SSSR count). The van der Waals surface area contributed by atoms with Crippen LogP contribution in [0.5, 0.6) is 0 Å². The van der Waals surface area contributed by atoms with Crippen molar-refractivity contribution in [3.8, 4) is 0 Å². The first-order chi connectivity index (χ1) is 9.81. The van der Waals surface area contributed by atoms with Gasteiger partial charge in [-0.05, 0) is 24.3 Å². The van der Waals surface area contributed by atoms with Gasteiger partial charge in [-0.2, -0.15) is 0 Å². The minimum atomic E-state index is 0.467. The fourth-order valence-corrected chi connectivity index (χ4v) is 2.28. The highest BCUT2D eigenvalue weighted by Gasteiger charge is 2.10. The maximum Gasteiger partial charge on any atom is 0.132 e. The maximum atomic E-state index is 4.38. The SMILES string of the molecule is CCCCNc1ncncc1C[C@@H](C)c1ccccc1. The molecule has 1 N–H and O–H groups in total. The lowest BCUT2D eigenvalue weighted by Gasteiger charge is -2.15. The number of anilines is 1. The topological polar surface area (TPSA) is 37.8 Å². The Morgan fingerprint density at radius 3 is 2.75 bits per heavy atom. The molecule has 0 spiro atoms. The van der Waals surface area contributed by atoms with E-state index < -0.39 is 0 Å². The lowest BCUT2D eigenvalue weighted by Crippen LogP contribution is -2.08. The third-order valence-corrected chi connectivity index (χ3v) is 3.51. The second-order valence-corrected chi connectivity index (χ2v) is 5.19. The lowest BCUT2D eigenvalue weighted by atomic mass is 9.94. The zero-order chi connectivity index (χ0) is 14.2. The fraction of sp³-hybridized carbons (Fsp3) is 0.412. The van der Waals surface area contributed by atoms with Gasteiger partial charge in [0, 0.05) is 18.3 Å². The van der Waals surface area contributed by atoms with Crippen molar-refractivity contribution in [1.82, 2.24) is 9.97 Å². The molecule has 0 bridgehead atoms. The number of rotatable bonds is 7. The molecule has 20 heavy (non-hydrogen) atoms. The summed E-state index contributed by atoms with van der Waals surface area (Å²) < 4.78 is 0. The zero-order valence-electron chi connectivity index (χ0n) is 12.3. The first-order valence-electron chi connectivity index (χ1n) is 7.39. The van der Waals surface area contributed by atoms with Crippen LogP contribution in [0.3, 0.4) is 0 Å². The highest BCUT2D eigenvalue weighted by molar-refractivity contribution is 5.43. The number of hydrogen-bond donors (Lipinski definition) is 1. The predicted octanol–water partition coefficient (Wildman–Crippen LogP) is 4.03. The smallest absolute Gasteiger partial charge is 0.132 e. The molecule has 0 fully saturated rings. The second kappa shape index (κ2) is 7.63. The van der Waals surface area contributed by atoms with E-state index in [-0.39, 0.29) is 0 Å². The van der Waals surface area contributed by atoms with Crippen LogP contribution in [0.1, 0.15) is 43.7 Å². The van der Waals surface area contributed by atoms with Crippen molar-refractivity contribution in [3.63, 3.8) is 0 Å². The van der Waals surface area contributed by atoms with Crippen LogP contribution in [-0.4, -0.2) is 16.5 Å². The van der Waals surface area contributed by atoms with Crippen LogP contribution < -0.4 is 5.32 Å². The van der Waals surface area contributed by atoms with Gasteiger partial charge in [-0.15, -0.1) is 0 Å². The molecule has 3 heteroatoms.